The fraction of sp³-hybridized carbons (Fsp3) is 0.429. The molecule has 1 N–H and O–H groups in total. The van der Waals surface area contributed by atoms with Gasteiger partial charge in [-0.25, -0.2) is 9.78 Å². The van der Waals surface area contributed by atoms with Crippen molar-refractivity contribution in [3.63, 3.8) is 0 Å². The highest BCUT2D eigenvalue weighted by molar-refractivity contribution is 5.89. The minimum Gasteiger partial charge on any atom is -0.478 e. The number of rotatable bonds is 4. The first-order chi connectivity index (χ1) is 9.87. The molecular weight excluding hydrogens is 287 g/mol. The molecule has 0 bridgehead atoms. The number of pyridine rings is 1. The lowest BCUT2D eigenvalue weighted by Crippen LogP contribution is -2.20. The third-order valence-corrected chi connectivity index (χ3v) is 3.11. The second-order valence-corrected chi connectivity index (χ2v) is 4.76. The lowest BCUT2D eigenvalue weighted by Gasteiger charge is -2.17. The van der Waals surface area contributed by atoms with Crippen LogP contribution in [-0.2, 0) is 0 Å². The number of halogens is 3. The maximum Gasteiger partial charge on any atom is 0.422 e. The minimum absolute atomic E-state index is 0.0733. The van der Waals surface area contributed by atoms with Gasteiger partial charge in [-0.3, -0.25) is 0 Å². The molecule has 0 saturated heterocycles. The van der Waals surface area contributed by atoms with E-state index in [0.29, 0.717) is 12.0 Å². The van der Waals surface area contributed by atoms with Crippen molar-refractivity contribution in [1.29, 1.82) is 0 Å². The summed E-state index contributed by atoms with van der Waals surface area (Å²) in [6.45, 7) is -1.45. The van der Waals surface area contributed by atoms with E-state index in [1.807, 2.05) is 6.08 Å². The molecule has 21 heavy (non-hydrogen) atoms. The van der Waals surface area contributed by atoms with E-state index in [4.69, 9.17) is 9.84 Å². The zero-order chi connectivity index (χ0) is 15.5. The zero-order valence-electron chi connectivity index (χ0n) is 11.1. The van der Waals surface area contributed by atoms with Crippen molar-refractivity contribution in [2.45, 2.75) is 31.9 Å². The molecule has 0 spiro atoms. The Morgan fingerprint density at radius 2 is 2.14 bits per heavy atom. The second-order valence-electron chi connectivity index (χ2n) is 4.76. The largest absolute Gasteiger partial charge is 0.478 e. The Labute approximate surface area is 119 Å². The predicted octanol–water partition coefficient (Wildman–Crippen LogP) is 3.68. The van der Waals surface area contributed by atoms with Crippen molar-refractivity contribution in [1.82, 2.24) is 4.98 Å². The van der Waals surface area contributed by atoms with Crippen LogP contribution in [0.3, 0.4) is 0 Å². The van der Waals surface area contributed by atoms with Crippen LogP contribution in [0.15, 0.2) is 18.3 Å². The van der Waals surface area contributed by atoms with Crippen LogP contribution in [0, 0.1) is 0 Å². The number of carboxylic acid groups (broad SMARTS) is 1. The number of carbonyl (C=O) groups is 1. The third kappa shape index (κ3) is 4.21. The summed E-state index contributed by atoms with van der Waals surface area (Å²) >= 11 is 0. The lowest BCUT2D eigenvalue weighted by molar-refractivity contribution is -0.154. The quantitative estimate of drug-likeness (QED) is 0.921. The Kier molecular flexibility index (Phi) is 4.50. The summed E-state index contributed by atoms with van der Waals surface area (Å²) in [5, 5.41) is 8.98. The molecule has 0 atom stereocenters. The lowest BCUT2D eigenvalue weighted by atomic mass is 9.93. The van der Waals surface area contributed by atoms with E-state index in [1.54, 1.807) is 0 Å². The first kappa shape index (κ1) is 15.3. The van der Waals surface area contributed by atoms with Crippen molar-refractivity contribution < 1.29 is 27.8 Å². The van der Waals surface area contributed by atoms with Crippen LogP contribution in [0.5, 0.6) is 5.88 Å². The number of allylic oxidation sites excluding steroid dienone is 2. The van der Waals surface area contributed by atoms with E-state index in [1.165, 1.54) is 6.07 Å². The molecular formula is C14H14F3NO3. The number of nitrogens with zero attached hydrogens (tertiary/aromatic N) is 1. The third-order valence-electron chi connectivity index (χ3n) is 3.11. The molecule has 1 aromatic heterocycles. The van der Waals surface area contributed by atoms with Gasteiger partial charge >= 0.3 is 12.1 Å². The summed E-state index contributed by atoms with van der Waals surface area (Å²) in [6, 6.07) is 1.32. The van der Waals surface area contributed by atoms with Gasteiger partial charge in [0.2, 0.25) is 5.88 Å². The van der Waals surface area contributed by atoms with Crippen LogP contribution < -0.4 is 4.74 Å². The molecule has 1 aliphatic carbocycles. The zero-order valence-corrected chi connectivity index (χ0v) is 11.1. The predicted molar refractivity (Wildman–Crippen MR) is 69.2 cm³/mol. The summed E-state index contributed by atoms with van der Waals surface area (Å²) in [5.41, 5.74) is 1.05. The van der Waals surface area contributed by atoms with Gasteiger partial charge in [0, 0.05) is 11.8 Å². The van der Waals surface area contributed by atoms with Crippen LogP contribution in [0.4, 0.5) is 13.2 Å². The van der Waals surface area contributed by atoms with Gasteiger partial charge < -0.3 is 9.84 Å². The number of aromatic carboxylic acids is 1. The maximum atomic E-state index is 12.3. The van der Waals surface area contributed by atoms with E-state index in [-0.39, 0.29) is 11.4 Å². The number of hydrogen-bond acceptors (Lipinski definition) is 3. The Morgan fingerprint density at radius 3 is 2.71 bits per heavy atom. The van der Waals surface area contributed by atoms with Gasteiger partial charge in [0.1, 0.15) is 0 Å². The Balaban J connectivity index is 2.34. The van der Waals surface area contributed by atoms with Gasteiger partial charge in [-0.15, -0.1) is 0 Å². The molecule has 0 radical (unpaired) electrons. The van der Waals surface area contributed by atoms with Crippen molar-refractivity contribution in [2.75, 3.05) is 6.61 Å². The number of alkyl halides is 3. The second kappa shape index (κ2) is 6.15. The van der Waals surface area contributed by atoms with Gasteiger partial charge in [-0.1, -0.05) is 6.08 Å². The molecule has 0 aromatic carbocycles. The first-order valence-corrected chi connectivity index (χ1v) is 6.49. The Morgan fingerprint density at radius 1 is 1.38 bits per heavy atom. The normalized spacial score (nSPS) is 15.5. The maximum absolute atomic E-state index is 12.3. The molecule has 1 aromatic rings. The first-order valence-electron chi connectivity index (χ1n) is 6.49. The molecule has 0 amide bonds. The van der Waals surface area contributed by atoms with Gasteiger partial charge in [0.15, 0.2) is 6.61 Å². The van der Waals surface area contributed by atoms with Crippen molar-refractivity contribution >= 4 is 11.5 Å². The van der Waals surface area contributed by atoms with Crippen LogP contribution in [0.1, 0.15) is 41.6 Å². The monoisotopic (exact) mass is 301 g/mol. The molecule has 4 nitrogen and oxygen atoms in total. The van der Waals surface area contributed by atoms with Crippen LogP contribution in [0.25, 0.3) is 5.57 Å². The Hall–Kier alpha value is -2.05. The van der Waals surface area contributed by atoms with Crippen molar-refractivity contribution in [2.24, 2.45) is 0 Å². The van der Waals surface area contributed by atoms with Gasteiger partial charge in [-0.05, 0) is 37.3 Å². The van der Waals surface area contributed by atoms with Crippen LogP contribution >= 0.6 is 0 Å². The van der Waals surface area contributed by atoms with E-state index >= 15 is 0 Å². The summed E-state index contributed by atoms with van der Waals surface area (Å²) < 4.78 is 41.5. The summed E-state index contributed by atoms with van der Waals surface area (Å²) in [4.78, 5) is 14.7. The van der Waals surface area contributed by atoms with E-state index < -0.39 is 18.8 Å². The van der Waals surface area contributed by atoms with Crippen LogP contribution in [-0.4, -0.2) is 28.8 Å². The van der Waals surface area contributed by atoms with Gasteiger partial charge in [0.05, 0.1) is 5.56 Å². The minimum atomic E-state index is -4.47. The topological polar surface area (TPSA) is 59.4 Å². The Bertz CT molecular complexity index is 567. The SMILES string of the molecule is O=C(O)c1cnc(OCC(F)(F)F)c(C2=CCCCC2)c1. The molecule has 0 unspecified atom stereocenters. The number of aromatic nitrogens is 1. The molecule has 2 rings (SSSR count). The molecule has 114 valence electrons. The van der Waals surface area contributed by atoms with E-state index in [0.717, 1.165) is 31.0 Å². The van der Waals surface area contributed by atoms with E-state index in [2.05, 4.69) is 4.98 Å². The molecule has 0 saturated carbocycles. The molecule has 1 heterocycles. The highest BCUT2D eigenvalue weighted by Crippen LogP contribution is 2.33. The average molecular weight is 301 g/mol. The molecule has 0 fully saturated rings. The summed E-state index contributed by atoms with van der Waals surface area (Å²) in [6.07, 6.45) is 1.83. The summed E-state index contributed by atoms with van der Waals surface area (Å²) in [5.74, 6) is -1.35. The standard InChI is InChI=1S/C14H14F3NO3/c15-14(16,17)8-21-12-11(9-4-2-1-3-5-9)6-10(7-18-12)13(19)20/h4,6-7H,1-3,5,8H2,(H,19,20). The highest BCUT2D eigenvalue weighted by Gasteiger charge is 2.29. The molecule has 1 aliphatic rings. The highest BCUT2D eigenvalue weighted by atomic mass is 19.4. The number of carboxylic acids is 1. The smallest absolute Gasteiger partial charge is 0.422 e. The fourth-order valence-corrected chi connectivity index (χ4v) is 2.15. The number of ether oxygens (including phenoxy) is 1. The van der Waals surface area contributed by atoms with Gasteiger partial charge in [0.25, 0.3) is 0 Å². The van der Waals surface area contributed by atoms with Crippen molar-refractivity contribution in [3.8, 4) is 5.88 Å². The number of hydrogen-bond donors (Lipinski definition) is 1. The molecule has 0 aliphatic heterocycles. The fourth-order valence-electron chi connectivity index (χ4n) is 2.15. The van der Waals surface area contributed by atoms with Gasteiger partial charge in [-0.2, -0.15) is 13.2 Å². The molecule has 7 heteroatoms. The van der Waals surface area contributed by atoms with E-state index in [9.17, 15) is 18.0 Å². The summed E-state index contributed by atoms with van der Waals surface area (Å²) in [7, 11) is 0. The van der Waals surface area contributed by atoms with Crippen LogP contribution in [0.2, 0.25) is 0 Å². The van der Waals surface area contributed by atoms with Crippen molar-refractivity contribution in [3.05, 3.63) is 29.5 Å². The average Bonchev–Trinajstić information content (AvgIpc) is 2.45.